The second-order valence-electron chi connectivity index (χ2n) is 5.54. The van der Waals surface area contributed by atoms with Crippen LogP contribution in [0.1, 0.15) is 9.75 Å². The lowest BCUT2D eigenvalue weighted by atomic mass is 10.4. The monoisotopic (exact) mass is 368 g/mol. The zero-order valence-electron chi connectivity index (χ0n) is 14.1. The minimum absolute atomic E-state index is 0.275. The first-order valence-electron chi connectivity index (χ1n) is 7.84. The predicted molar refractivity (Wildman–Crippen MR) is 98.6 cm³/mol. The fraction of sp³-hybridized carbons (Fsp3) is 0.471. The molecule has 0 aliphatic heterocycles. The standard InChI is InChI=1S/C17H24N2O3S2/c1-18(2)7-8-21-9-10-22-17(20)19(13-15-5-3-11-23-15)14-16-6-4-12-24-16/h3-6,11-12H,7-10,13-14H2,1-2H3. The van der Waals surface area contributed by atoms with Crippen LogP contribution in [-0.2, 0) is 22.6 Å². The second kappa shape index (κ2) is 10.5. The molecular formula is C17H24N2O3S2. The third-order valence-electron chi connectivity index (χ3n) is 3.25. The average Bonchev–Trinajstić information content (AvgIpc) is 3.23. The Morgan fingerprint density at radius 1 is 1.00 bits per heavy atom. The van der Waals surface area contributed by atoms with Crippen LogP contribution in [0.2, 0.25) is 0 Å². The smallest absolute Gasteiger partial charge is 0.410 e. The van der Waals surface area contributed by atoms with Crippen LogP contribution in [0.3, 0.4) is 0 Å². The summed E-state index contributed by atoms with van der Waals surface area (Å²) in [6, 6.07) is 8.05. The van der Waals surface area contributed by atoms with Crippen LogP contribution < -0.4 is 0 Å². The highest BCUT2D eigenvalue weighted by atomic mass is 32.1. The van der Waals surface area contributed by atoms with Gasteiger partial charge in [-0.25, -0.2) is 4.79 Å². The van der Waals surface area contributed by atoms with Gasteiger partial charge in [-0.2, -0.15) is 0 Å². The lowest BCUT2D eigenvalue weighted by Gasteiger charge is -2.21. The van der Waals surface area contributed by atoms with Crippen molar-refractivity contribution in [3.8, 4) is 0 Å². The van der Waals surface area contributed by atoms with Crippen molar-refractivity contribution in [3.63, 3.8) is 0 Å². The van der Waals surface area contributed by atoms with E-state index in [9.17, 15) is 4.79 Å². The normalized spacial score (nSPS) is 11.0. The van der Waals surface area contributed by atoms with E-state index in [0.717, 1.165) is 16.3 Å². The van der Waals surface area contributed by atoms with Gasteiger partial charge in [0.1, 0.15) is 6.61 Å². The maximum atomic E-state index is 12.4. The summed E-state index contributed by atoms with van der Waals surface area (Å²) in [5, 5.41) is 4.03. The second-order valence-corrected chi connectivity index (χ2v) is 7.61. The first-order chi connectivity index (χ1) is 11.6. The summed E-state index contributed by atoms with van der Waals surface area (Å²) in [4.78, 5) is 18.5. The van der Waals surface area contributed by atoms with Crippen molar-refractivity contribution in [3.05, 3.63) is 44.8 Å². The molecule has 0 unspecified atom stereocenters. The molecule has 0 aliphatic rings. The molecule has 0 radical (unpaired) electrons. The molecule has 0 aromatic carbocycles. The zero-order valence-corrected chi connectivity index (χ0v) is 15.8. The van der Waals surface area contributed by atoms with Gasteiger partial charge in [0.15, 0.2) is 0 Å². The van der Waals surface area contributed by atoms with Crippen molar-refractivity contribution in [1.82, 2.24) is 9.80 Å². The number of thiophene rings is 2. The van der Waals surface area contributed by atoms with E-state index in [4.69, 9.17) is 9.47 Å². The van der Waals surface area contributed by atoms with Crippen LogP contribution in [0.4, 0.5) is 4.79 Å². The molecule has 0 bridgehead atoms. The molecular weight excluding hydrogens is 344 g/mol. The fourth-order valence-electron chi connectivity index (χ4n) is 1.99. The van der Waals surface area contributed by atoms with Gasteiger partial charge in [0.2, 0.25) is 0 Å². The number of nitrogens with zero attached hydrogens (tertiary/aromatic N) is 2. The third-order valence-corrected chi connectivity index (χ3v) is 4.97. The van der Waals surface area contributed by atoms with E-state index < -0.39 is 0 Å². The Morgan fingerprint density at radius 3 is 2.12 bits per heavy atom. The van der Waals surface area contributed by atoms with E-state index in [-0.39, 0.29) is 12.7 Å². The maximum Gasteiger partial charge on any atom is 0.410 e. The Hall–Kier alpha value is -1.41. The van der Waals surface area contributed by atoms with Crippen LogP contribution in [0, 0.1) is 0 Å². The predicted octanol–water partition coefficient (Wildman–Crippen LogP) is 3.53. The SMILES string of the molecule is CN(C)CCOCCOC(=O)N(Cc1cccs1)Cc1cccs1. The molecule has 2 rings (SSSR count). The zero-order chi connectivity index (χ0) is 17.2. The topological polar surface area (TPSA) is 42.0 Å². The van der Waals surface area contributed by atoms with E-state index >= 15 is 0 Å². The Morgan fingerprint density at radius 2 is 1.62 bits per heavy atom. The molecule has 0 spiro atoms. The Bertz CT molecular complexity index is 534. The number of carbonyl (C=O) groups excluding carboxylic acids is 1. The Kier molecular flexibility index (Phi) is 8.24. The van der Waals surface area contributed by atoms with Gasteiger partial charge < -0.3 is 14.4 Å². The maximum absolute atomic E-state index is 12.4. The molecule has 2 heterocycles. The first-order valence-corrected chi connectivity index (χ1v) is 9.60. The third kappa shape index (κ3) is 7.00. The van der Waals surface area contributed by atoms with Crippen LogP contribution in [-0.4, -0.2) is 56.4 Å². The van der Waals surface area contributed by atoms with Gasteiger partial charge in [-0.1, -0.05) is 12.1 Å². The van der Waals surface area contributed by atoms with Gasteiger partial charge in [0.25, 0.3) is 0 Å². The molecule has 2 aromatic rings. The van der Waals surface area contributed by atoms with Gasteiger partial charge in [-0.3, -0.25) is 4.90 Å². The molecule has 1 amide bonds. The summed E-state index contributed by atoms with van der Waals surface area (Å²) in [5.74, 6) is 0. The van der Waals surface area contributed by atoms with Gasteiger partial charge in [0.05, 0.1) is 26.3 Å². The molecule has 132 valence electrons. The highest BCUT2D eigenvalue weighted by molar-refractivity contribution is 7.10. The van der Waals surface area contributed by atoms with Crippen LogP contribution in [0.25, 0.3) is 0 Å². The van der Waals surface area contributed by atoms with Crippen LogP contribution in [0.15, 0.2) is 35.0 Å². The minimum Gasteiger partial charge on any atom is -0.447 e. The van der Waals surface area contributed by atoms with Crippen molar-refractivity contribution in [2.45, 2.75) is 13.1 Å². The van der Waals surface area contributed by atoms with Gasteiger partial charge in [-0.15, -0.1) is 22.7 Å². The number of likely N-dealkylation sites (N-methyl/N-ethyl adjacent to an activating group) is 1. The molecule has 0 saturated heterocycles. The van der Waals surface area contributed by atoms with E-state index in [1.165, 1.54) is 0 Å². The summed E-state index contributed by atoms with van der Waals surface area (Å²) >= 11 is 3.29. The van der Waals surface area contributed by atoms with E-state index in [1.54, 1.807) is 27.6 Å². The lowest BCUT2D eigenvalue weighted by molar-refractivity contribution is 0.0484. The summed E-state index contributed by atoms with van der Waals surface area (Å²) in [6.07, 6.45) is -0.298. The number of amides is 1. The number of ether oxygens (including phenoxy) is 2. The molecule has 0 aliphatic carbocycles. The highest BCUT2D eigenvalue weighted by Crippen LogP contribution is 2.17. The molecule has 0 N–H and O–H groups in total. The first kappa shape index (κ1) is 18.9. The number of hydrogen-bond acceptors (Lipinski definition) is 6. The molecule has 0 atom stereocenters. The Balaban J connectivity index is 1.78. The van der Waals surface area contributed by atoms with Gasteiger partial charge >= 0.3 is 6.09 Å². The van der Waals surface area contributed by atoms with Crippen molar-refractivity contribution >= 4 is 28.8 Å². The van der Waals surface area contributed by atoms with Crippen molar-refractivity contribution < 1.29 is 14.3 Å². The Labute approximate surface area is 151 Å². The van der Waals surface area contributed by atoms with E-state index in [2.05, 4.69) is 4.90 Å². The largest absolute Gasteiger partial charge is 0.447 e. The number of rotatable bonds is 10. The molecule has 7 heteroatoms. The minimum atomic E-state index is -0.298. The average molecular weight is 369 g/mol. The molecule has 0 fully saturated rings. The number of hydrogen-bond donors (Lipinski definition) is 0. The van der Waals surface area contributed by atoms with E-state index in [1.807, 2.05) is 49.1 Å². The summed E-state index contributed by atoms with van der Waals surface area (Å²) in [6.45, 7) is 3.32. The molecule has 0 saturated carbocycles. The number of carbonyl (C=O) groups is 1. The lowest BCUT2D eigenvalue weighted by Crippen LogP contribution is -2.31. The summed E-state index contributed by atoms with van der Waals surface area (Å²) < 4.78 is 10.8. The van der Waals surface area contributed by atoms with Crippen molar-refractivity contribution in [1.29, 1.82) is 0 Å². The summed E-state index contributed by atoms with van der Waals surface area (Å²) in [5.41, 5.74) is 0. The van der Waals surface area contributed by atoms with Crippen LogP contribution >= 0.6 is 22.7 Å². The molecule has 5 nitrogen and oxygen atoms in total. The summed E-state index contributed by atoms with van der Waals surface area (Å²) in [7, 11) is 3.99. The van der Waals surface area contributed by atoms with Crippen LogP contribution in [0.5, 0.6) is 0 Å². The van der Waals surface area contributed by atoms with E-state index in [0.29, 0.717) is 26.3 Å². The molecule has 2 aromatic heterocycles. The fourth-order valence-corrected chi connectivity index (χ4v) is 3.43. The highest BCUT2D eigenvalue weighted by Gasteiger charge is 2.17. The van der Waals surface area contributed by atoms with Gasteiger partial charge in [0, 0.05) is 16.3 Å². The quantitative estimate of drug-likeness (QED) is 0.602. The molecule has 24 heavy (non-hydrogen) atoms. The van der Waals surface area contributed by atoms with Crippen molar-refractivity contribution in [2.75, 3.05) is 40.5 Å². The van der Waals surface area contributed by atoms with Crippen molar-refractivity contribution in [2.24, 2.45) is 0 Å². The van der Waals surface area contributed by atoms with Gasteiger partial charge in [-0.05, 0) is 37.0 Å².